The number of carbonyl (C=O) groups is 1. The highest BCUT2D eigenvalue weighted by Gasteiger charge is 2.12. The van der Waals surface area contributed by atoms with Gasteiger partial charge in [0.05, 0.1) is 24.0 Å². The number of amides is 1. The smallest absolute Gasteiger partial charge is 0.248 e. The van der Waals surface area contributed by atoms with Crippen LogP contribution in [-0.4, -0.2) is 20.9 Å². The standard InChI is InChI=1S/C25H25ClN4OS/c1-17(14-15-27)32-24-11-7-6-10-23(24)28-25(31)13-12-21-18(2)29-30(19(21)3)16-20-8-4-5-9-22(20)26/h4-13,17H,14,16H2,1-3H3,(H,28,31). The first-order chi connectivity index (χ1) is 15.4. The highest BCUT2D eigenvalue weighted by atomic mass is 35.5. The summed E-state index contributed by atoms with van der Waals surface area (Å²) < 4.78 is 1.90. The van der Waals surface area contributed by atoms with Crippen molar-refractivity contribution in [1.29, 1.82) is 5.26 Å². The molecular weight excluding hydrogens is 440 g/mol. The number of nitrogens with one attached hydrogen (secondary N) is 1. The molecule has 0 aliphatic rings. The molecule has 1 unspecified atom stereocenters. The van der Waals surface area contributed by atoms with Crippen LogP contribution in [0.1, 0.15) is 35.9 Å². The van der Waals surface area contributed by atoms with E-state index in [0.29, 0.717) is 18.0 Å². The van der Waals surface area contributed by atoms with Crippen LogP contribution in [0, 0.1) is 25.2 Å². The van der Waals surface area contributed by atoms with Gasteiger partial charge in [0, 0.05) is 38.9 Å². The number of nitrogens with zero attached hydrogens (tertiary/aromatic N) is 3. The minimum absolute atomic E-state index is 0.142. The summed E-state index contributed by atoms with van der Waals surface area (Å²) in [5.74, 6) is -0.219. The number of nitriles is 1. The second kappa shape index (κ2) is 11.0. The van der Waals surface area contributed by atoms with Gasteiger partial charge >= 0.3 is 0 Å². The number of rotatable bonds is 8. The number of anilines is 1. The number of carbonyl (C=O) groups excluding carboxylic acids is 1. The van der Waals surface area contributed by atoms with Crippen LogP contribution < -0.4 is 5.32 Å². The van der Waals surface area contributed by atoms with E-state index in [4.69, 9.17) is 16.9 Å². The quantitative estimate of drug-likeness (QED) is 0.316. The Morgan fingerprint density at radius 1 is 1.25 bits per heavy atom. The van der Waals surface area contributed by atoms with Crippen LogP contribution in [0.2, 0.25) is 5.02 Å². The fraction of sp³-hybridized carbons (Fsp3) is 0.240. The van der Waals surface area contributed by atoms with Crippen LogP contribution in [0.15, 0.2) is 59.5 Å². The molecular formula is C25H25ClN4OS. The topological polar surface area (TPSA) is 70.7 Å². The molecule has 0 radical (unpaired) electrons. The van der Waals surface area contributed by atoms with Gasteiger partial charge in [0.25, 0.3) is 0 Å². The van der Waals surface area contributed by atoms with E-state index in [-0.39, 0.29) is 11.2 Å². The lowest BCUT2D eigenvalue weighted by Gasteiger charge is -2.12. The van der Waals surface area contributed by atoms with Crippen molar-refractivity contribution >= 4 is 41.0 Å². The number of benzene rings is 2. The zero-order chi connectivity index (χ0) is 23.1. The molecule has 0 aliphatic heterocycles. The van der Waals surface area contributed by atoms with E-state index < -0.39 is 0 Å². The van der Waals surface area contributed by atoms with Gasteiger partial charge in [-0.25, -0.2) is 0 Å². The Balaban J connectivity index is 1.72. The molecule has 0 spiro atoms. The molecule has 2 aromatic carbocycles. The van der Waals surface area contributed by atoms with Crippen LogP contribution in [0.5, 0.6) is 0 Å². The predicted molar refractivity (Wildman–Crippen MR) is 132 cm³/mol. The van der Waals surface area contributed by atoms with Crippen molar-refractivity contribution in [2.45, 2.75) is 43.9 Å². The molecule has 3 rings (SSSR count). The fourth-order valence-corrected chi connectivity index (χ4v) is 4.48. The molecule has 32 heavy (non-hydrogen) atoms. The highest BCUT2D eigenvalue weighted by molar-refractivity contribution is 8.00. The van der Waals surface area contributed by atoms with Crippen LogP contribution in [0.3, 0.4) is 0 Å². The number of thioether (sulfide) groups is 1. The van der Waals surface area contributed by atoms with Gasteiger partial charge in [-0.05, 0) is 43.7 Å². The van der Waals surface area contributed by atoms with Gasteiger partial charge in [-0.15, -0.1) is 11.8 Å². The van der Waals surface area contributed by atoms with Gasteiger partial charge in [-0.2, -0.15) is 10.4 Å². The van der Waals surface area contributed by atoms with Gasteiger partial charge < -0.3 is 5.32 Å². The zero-order valence-corrected chi connectivity index (χ0v) is 19.9. The zero-order valence-electron chi connectivity index (χ0n) is 18.3. The minimum Gasteiger partial charge on any atom is -0.321 e. The minimum atomic E-state index is -0.219. The third-order valence-corrected chi connectivity index (χ3v) is 6.52. The third-order valence-electron chi connectivity index (χ3n) is 4.97. The van der Waals surface area contributed by atoms with Crippen molar-refractivity contribution in [3.05, 3.63) is 82.1 Å². The largest absolute Gasteiger partial charge is 0.321 e. The molecule has 1 atom stereocenters. The van der Waals surface area contributed by atoms with Crippen molar-refractivity contribution in [2.24, 2.45) is 0 Å². The molecule has 164 valence electrons. The van der Waals surface area contributed by atoms with Crippen molar-refractivity contribution in [1.82, 2.24) is 9.78 Å². The first kappa shape index (κ1) is 23.6. The van der Waals surface area contributed by atoms with E-state index in [2.05, 4.69) is 16.5 Å². The van der Waals surface area contributed by atoms with Crippen molar-refractivity contribution < 1.29 is 4.79 Å². The van der Waals surface area contributed by atoms with Crippen LogP contribution in [0.25, 0.3) is 6.08 Å². The van der Waals surface area contributed by atoms with E-state index in [1.54, 1.807) is 17.8 Å². The molecule has 0 saturated carbocycles. The first-order valence-corrected chi connectivity index (χ1v) is 11.5. The van der Waals surface area contributed by atoms with Crippen LogP contribution in [0.4, 0.5) is 5.69 Å². The number of aryl methyl sites for hydroxylation is 1. The number of aromatic nitrogens is 2. The molecule has 1 amide bonds. The summed E-state index contributed by atoms with van der Waals surface area (Å²) in [5, 5.41) is 17.3. The maximum atomic E-state index is 12.6. The van der Waals surface area contributed by atoms with Crippen LogP contribution in [-0.2, 0) is 11.3 Å². The summed E-state index contributed by atoms with van der Waals surface area (Å²) in [6.45, 7) is 6.48. The summed E-state index contributed by atoms with van der Waals surface area (Å²) in [5.41, 5.74) is 4.46. The van der Waals surface area contributed by atoms with E-state index in [9.17, 15) is 4.79 Å². The fourth-order valence-electron chi connectivity index (χ4n) is 3.29. The predicted octanol–water partition coefficient (Wildman–Crippen LogP) is 6.25. The van der Waals surface area contributed by atoms with Gasteiger partial charge in [0.2, 0.25) is 5.91 Å². The molecule has 5 nitrogen and oxygen atoms in total. The van der Waals surface area contributed by atoms with Crippen molar-refractivity contribution in [3.63, 3.8) is 0 Å². The molecule has 1 aromatic heterocycles. The van der Waals surface area contributed by atoms with E-state index in [0.717, 1.165) is 33.1 Å². The van der Waals surface area contributed by atoms with E-state index in [1.807, 2.05) is 74.0 Å². The maximum absolute atomic E-state index is 12.6. The summed E-state index contributed by atoms with van der Waals surface area (Å²) in [7, 11) is 0. The lowest BCUT2D eigenvalue weighted by molar-refractivity contribution is -0.111. The van der Waals surface area contributed by atoms with Crippen molar-refractivity contribution in [3.8, 4) is 6.07 Å². The van der Waals surface area contributed by atoms with Gasteiger partial charge in [-0.3, -0.25) is 9.48 Å². The average molecular weight is 465 g/mol. The molecule has 0 bridgehead atoms. The first-order valence-electron chi connectivity index (χ1n) is 10.3. The Kier molecular flexibility index (Phi) is 8.15. The second-order valence-electron chi connectivity index (χ2n) is 7.44. The summed E-state index contributed by atoms with van der Waals surface area (Å²) in [6, 6.07) is 17.5. The molecule has 1 N–H and O–H groups in total. The molecule has 0 saturated heterocycles. The molecule has 0 aliphatic carbocycles. The molecule has 1 heterocycles. The van der Waals surface area contributed by atoms with E-state index >= 15 is 0 Å². The van der Waals surface area contributed by atoms with Gasteiger partial charge in [-0.1, -0.05) is 48.9 Å². The Morgan fingerprint density at radius 3 is 2.72 bits per heavy atom. The maximum Gasteiger partial charge on any atom is 0.248 e. The molecule has 3 aromatic rings. The Labute approximate surface area is 198 Å². The number of hydrogen-bond acceptors (Lipinski definition) is 4. The molecule has 7 heteroatoms. The van der Waals surface area contributed by atoms with Gasteiger partial charge in [0.1, 0.15) is 0 Å². The Bertz CT molecular complexity index is 1180. The second-order valence-corrected chi connectivity index (χ2v) is 9.33. The normalized spacial score (nSPS) is 12.0. The highest BCUT2D eigenvalue weighted by Crippen LogP contribution is 2.31. The van der Waals surface area contributed by atoms with Gasteiger partial charge in [0.15, 0.2) is 0 Å². The Morgan fingerprint density at radius 2 is 1.97 bits per heavy atom. The summed E-state index contributed by atoms with van der Waals surface area (Å²) in [6.07, 6.45) is 3.77. The number of para-hydroxylation sites is 1. The summed E-state index contributed by atoms with van der Waals surface area (Å²) >= 11 is 7.86. The van der Waals surface area contributed by atoms with E-state index in [1.165, 1.54) is 6.08 Å². The van der Waals surface area contributed by atoms with Crippen molar-refractivity contribution in [2.75, 3.05) is 5.32 Å². The Hall–Kier alpha value is -3.01. The number of hydrogen-bond donors (Lipinski definition) is 1. The SMILES string of the molecule is Cc1nn(Cc2ccccc2Cl)c(C)c1C=CC(=O)Nc1ccccc1SC(C)CC#N. The lowest BCUT2D eigenvalue weighted by Crippen LogP contribution is -2.09. The third kappa shape index (κ3) is 6.03. The average Bonchev–Trinajstić information content (AvgIpc) is 3.02. The molecule has 0 fully saturated rings. The summed E-state index contributed by atoms with van der Waals surface area (Å²) in [4.78, 5) is 13.6. The van der Waals surface area contributed by atoms with Crippen LogP contribution >= 0.6 is 23.4 Å². The monoisotopic (exact) mass is 464 g/mol. The lowest BCUT2D eigenvalue weighted by atomic mass is 10.1. The number of halogens is 1.